The van der Waals surface area contributed by atoms with Gasteiger partial charge in [0, 0.05) is 12.0 Å². The number of rotatable bonds is 13. The van der Waals surface area contributed by atoms with Gasteiger partial charge in [0.2, 0.25) is 5.91 Å². The van der Waals surface area contributed by atoms with Crippen LogP contribution in [-0.2, 0) is 28.7 Å². The topological polar surface area (TPSA) is 246 Å². The van der Waals surface area contributed by atoms with Crippen molar-refractivity contribution in [3.05, 3.63) is 35.9 Å². The molecule has 1 aliphatic rings. The van der Waals surface area contributed by atoms with Gasteiger partial charge in [-0.05, 0) is 25.5 Å². The molecule has 1 fully saturated rings. The third-order valence-corrected chi connectivity index (χ3v) is 5.91. The zero-order valence-electron chi connectivity index (χ0n) is 20.4. The van der Waals surface area contributed by atoms with Crippen LogP contribution in [0.25, 0.3) is 0 Å². The van der Waals surface area contributed by atoms with Gasteiger partial charge in [0.05, 0.1) is 12.6 Å². The van der Waals surface area contributed by atoms with E-state index in [1.807, 2.05) is 0 Å². The SMILES string of the molecule is C[C@@H](C(=O)N[C@H](CCC(=O)O)C(=O)O)N(C(=O)c1ccccc1)C1O[C@H](CO)[C@@H](O)[C@H](OCC(=O)O)[C@H]1N. The Morgan fingerprint density at radius 3 is 2.26 bits per heavy atom. The van der Waals surface area contributed by atoms with Crippen molar-refractivity contribution in [1.29, 1.82) is 0 Å². The molecule has 38 heavy (non-hydrogen) atoms. The van der Waals surface area contributed by atoms with Crippen LogP contribution in [-0.4, -0.2) is 116 Å². The highest BCUT2D eigenvalue weighted by molar-refractivity contribution is 5.98. The number of carbonyl (C=O) groups excluding carboxylic acids is 2. The lowest BCUT2D eigenvalue weighted by atomic mass is 9.94. The van der Waals surface area contributed by atoms with E-state index >= 15 is 0 Å². The van der Waals surface area contributed by atoms with Crippen LogP contribution in [0, 0.1) is 0 Å². The van der Waals surface area contributed by atoms with E-state index in [-0.39, 0.29) is 5.56 Å². The number of hydrogen-bond donors (Lipinski definition) is 7. The minimum absolute atomic E-state index is 0.0817. The van der Waals surface area contributed by atoms with Crippen molar-refractivity contribution in [2.45, 2.75) is 62.4 Å². The third-order valence-electron chi connectivity index (χ3n) is 5.91. The standard InChI is InChI=1S/C23H31N3O12/c1-11(20(33)25-13(23(35)36)7-8-15(28)29)26(21(34)12-5-3-2-4-6-12)22-17(24)19(37-10-16(30)31)18(32)14(9-27)38-22/h2-6,11,13-14,17-19,22,27,32H,7-10,24H2,1H3,(H,25,33)(H,28,29)(H,30,31)(H,35,36)/t11-,13+,14+,17+,18+,19+,22?/m0/s1. The Balaban J connectivity index is 2.45. The van der Waals surface area contributed by atoms with Crippen LogP contribution in [0.5, 0.6) is 0 Å². The van der Waals surface area contributed by atoms with Gasteiger partial charge >= 0.3 is 17.9 Å². The quantitative estimate of drug-likeness (QED) is 0.141. The molecule has 0 aromatic heterocycles. The van der Waals surface area contributed by atoms with Gasteiger partial charge in [0.15, 0.2) is 6.23 Å². The molecule has 2 amide bonds. The Bertz CT molecular complexity index is 1010. The van der Waals surface area contributed by atoms with E-state index in [9.17, 15) is 39.3 Å². The molecule has 7 atom stereocenters. The minimum Gasteiger partial charge on any atom is -0.481 e. The second-order valence-electron chi connectivity index (χ2n) is 8.57. The summed E-state index contributed by atoms with van der Waals surface area (Å²) in [6.45, 7) is -0.400. The van der Waals surface area contributed by atoms with Crippen molar-refractivity contribution >= 4 is 29.7 Å². The molecule has 1 unspecified atom stereocenters. The molecule has 0 spiro atoms. The fourth-order valence-corrected chi connectivity index (χ4v) is 3.92. The molecule has 0 aliphatic carbocycles. The predicted molar refractivity (Wildman–Crippen MR) is 126 cm³/mol. The number of carbonyl (C=O) groups is 5. The van der Waals surface area contributed by atoms with Crippen LogP contribution in [0.4, 0.5) is 0 Å². The predicted octanol–water partition coefficient (Wildman–Crippen LogP) is -2.17. The first-order chi connectivity index (χ1) is 17.9. The van der Waals surface area contributed by atoms with Gasteiger partial charge in [-0.2, -0.15) is 0 Å². The van der Waals surface area contributed by atoms with Crippen molar-refractivity contribution in [1.82, 2.24) is 10.2 Å². The summed E-state index contributed by atoms with van der Waals surface area (Å²) in [5.41, 5.74) is 6.31. The third kappa shape index (κ3) is 7.69. The van der Waals surface area contributed by atoms with Crippen LogP contribution in [0.1, 0.15) is 30.1 Å². The number of benzene rings is 1. The van der Waals surface area contributed by atoms with Crippen molar-refractivity contribution in [3.8, 4) is 0 Å². The number of nitrogens with two attached hydrogens (primary N) is 1. The number of amides is 2. The first-order valence-electron chi connectivity index (χ1n) is 11.5. The van der Waals surface area contributed by atoms with Crippen LogP contribution < -0.4 is 11.1 Å². The Kier molecular flexibility index (Phi) is 11.1. The first kappa shape index (κ1) is 30.6. The number of carboxylic acid groups (broad SMARTS) is 3. The molecule has 1 aromatic carbocycles. The molecule has 0 bridgehead atoms. The summed E-state index contributed by atoms with van der Waals surface area (Å²) in [6, 6.07) is 3.10. The van der Waals surface area contributed by atoms with Crippen LogP contribution in [0.3, 0.4) is 0 Å². The van der Waals surface area contributed by atoms with E-state index in [1.165, 1.54) is 19.1 Å². The minimum atomic E-state index is -1.59. The molecular formula is C23H31N3O12. The van der Waals surface area contributed by atoms with Gasteiger partial charge in [-0.1, -0.05) is 18.2 Å². The van der Waals surface area contributed by atoms with Gasteiger partial charge in [-0.15, -0.1) is 0 Å². The van der Waals surface area contributed by atoms with Crippen LogP contribution in [0.2, 0.25) is 0 Å². The smallest absolute Gasteiger partial charge is 0.329 e. The van der Waals surface area contributed by atoms with Gasteiger partial charge in [-0.3, -0.25) is 19.3 Å². The molecule has 0 saturated carbocycles. The lowest BCUT2D eigenvalue weighted by molar-refractivity contribution is -0.233. The Morgan fingerprint density at radius 2 is 1.74 bits per heavy atom. The highest BCUT2D eigenvalue weighted by Gasteiger charge is 2.49. The molecule has 15 heteroatoms. The van der Waals surface area contributed by atoms with E-state index in [0.717, 1.165) is 4.90 Å². The normalized spacial score (nSPS) is 24.6. The van der Waals surface area contributed by atoms with Gasteiger partial charge < -0.3 is 46.1 Å². The number of aliphatic hydroxyl groups is 2. The highest BCUT2D eigenvalue weighted by atomic mass is 16.6. The number of ether oxygens (including phenoxy) is 2. The number of nitrogens with one attached hydrogen (secondary N) is 1. The Morgan fingerprint density at radius 1 is 1.11 bits per heavy atom. The molecule has 1 heterocycles. The molecule has 8 N–H and O–H groups in total. The summed E-state index contributed by atoms with van der Waals surface area (Å²) in [4.78, 5) is 61.1. The summed E-state index contributed by atoms with van der Waals surface area (Å²) < 4.78 is 10.9. The first-order valence-corrected chi connectivity index (χ1v) is 11.5. The van der Waals surface area contributed by atoms with Crippen molar-refractivity contribution in [2.24, 2.45) is 5.73 Å². The second kappa shape index (κ2) is 13.8. The molecule has 1 aliphatic heterocycles. The number of aliphatic hydroxyl groups excluding tert-OH is 2. The second-order valence-corrected chi connectivity index (χ2v) is 8.57. The number of carboxylic acids is 3. The maximum Gasteiger partial charge on any atom is 0.329 e. The monoisotopic (exact) mass is 541 g/mol. The summed E-state index contributed by atoms with van der Waals surface area (Å²) in [5.74, 6) is -5.93. The lowest BCUT2D eigenvalue weighted by Gasteiger charge is -2.47. The van der Waals surface area contributed by atoms with Crippen molar-refractivity contribution in [2.75, 3.05) is 13.2 Å². The molecule has 1 aromatic rings. The molecule has 210 valence electrons. The lowest BCUT2D eigenvalue weighted by Crippen LogP contribution is -2.70. The van der Waals surface area contributed by atoms with Crippen LogP contribution >= 0.6 is 0 Å². The summed E-state index contributed by atoms with van der Waals surface area (Å²) in [7, 11) is 0. The fraction of sp³-hybridized carbons (Fsp3) is 0.522. The zero-order valence-corrected chi connectivity index (χ0v) is 20.4. The Hall–Kier alpha value is -3.63. The molecule has 2 rings (SSSR count). The number of aliphatic carboxylic acids is 3. The van der Waals surface area contributed by atoms with E-state index in [1.54, 1.807) is 18.2 Å². The summed E-state index contributed by atoms with van der Waals surface area (Å²) in [5, 5.41) is 49.7. The van der Waals surface area contributed by atoms with E-state index in [0.29, 0.717) is 0 Å². The maximum atomic E-state index is 13.6. The average molecular weight is 542 g/mol. The Labute approximate surface area is 216 Å². The largest absolute Gasteiger partial charge is 0.481 e. The van der Waals surface area contributed by atoms with E-state index in [2.05, 4.69) is 5.32 Å². The zero-order chi connectivity index (χ0) is 28.6. The van der Waals surface area contributed by atoms with Crippen molar-refractivity contribution < 1.29 is 59.0 Å². The van der Waals surface area contributed by atoms with Crippen LogP contribution in [0.15, 0.2) is 30.3 Å². The van der Waals surface area contributed by atoms with Crippen molar-refractivity contribution in [3.63, 3.8) is 0 Å². The van der Waals surface area contributed by atoms with E-state index in [4.69, 9.17) is 25.4 Å². The highest BCUT2D eigenvalue weighted by Crippen LogP contribution is 2.27. The fourth-order valence-electron chi connectivity index (χ4n) is 3.92. The summed E-state index contributed by atoms with van der Waals surface area (Å²) in [6.07, 6.45) is -6.94. The average Bonchev–Trinajstić information content (AvgIpc) is 2.87. The molecule has 0 radical (unpaired) electrons. The number of nitrogens with zero attached hydrogens (tertiary/aromatic N) is 1. The van der Waals surface area contributed by atoms with E-state index < -0.39 is 98.4 Å². The number of hydrogen-bond acceptors (Lipinski definition) is 10. The van der Waals surface area contributed by atoms with Gasteiger partial charge in [0.1, 0.15) is 37.0 Å². The molecule has 1 saturated heterocycles. The maximum absolute atomic E-state index is 13.6. The molecule has 15 nitrogen and oxygen atoms in total. The molecular weight excluding hydrogens is 510 g/mol. The summed E-state index contributed by atoms with van der Waals surface area (Å²) >= 11 is 0. The van der Waals surface area contributed by atoms with Gasteiger partial charge in [0.25, 0.3) is 5.91 Å². The van der Waals surface area contributed by atoms with Gasteiger partial charge in [-0.25, -0.2) is 9.59 Å².